The minimum Gasteiger partial charge on any atom is -0.307 e. The van der Waals surface area contributed by atoms with Crippen LogP contribution in [0.25, 0.3) is 0 Å². The highest BCUT2D eigenvalue weighted by molar-refractivity contribution is 4.85. The van der Waals surface area contributed by atoms with E-state index in [1.165, 1.54) is 44.9 Å². The van der Waals surface area contributed by atoms with E-state index >= 15 is 0 Å². The average molecular weight is 236 g/mol. The molecule has 96 valence electrons. The average Bonchev–Trinajstić information content (AvgIpc) is 2.75. The third kappa shape index (κ3) is 3.80. The van der Waals surface area contributed by atoms with E-state index in [-0.39, 0.29) is 0 Å². The van der Waals surface area contributed by atoms with Gasteiger partial charge in [-0.2, -0.15) is 5.10 Å². The largest absolute Gasteiger partial charge is 0.307 e. The van der Waals surface area contributed by atoms with Crippen LogP contribution >= 0.6 is 0 Å². The summed E-state index contributed by atoms with van der Waals surface area (Å²) in [7, 11) is 0. The zero-order chi connectivity index (χ0) is 11.9. The Balaban J connectivity index is 1.79. The van der Waals surface area contributed by atoms with Crippen LogP contribution < -0.4 is 5.32 Å². The lowest BCUT2D eigenvalue weighted by Gasteiger charge is -2.20. The summed E-state index contributed by atoms with van der Waals surface area (Å²) < 4.78 is 1.97. The van der Waals surface area contributed by atoms with Gasteiger partial charge in [-0.3, -0.25) is 0 Å². The van der Waals surface area contributed by atoms with E-state index in [2.05, 4.69) is 22.3 Å². The molecule has 0 aromatic carbocycles. The first-order valence-electron chi connectivity index (χ1n) is 7.00. The van der Waals surface area contributed by atoms with Crippen LogP contribution in [-0.4, -0.2) is 20.8 Å². The highest BCUT2D eigenvalue weighted by Crippen LogP contribution is 2.17. The standard InChI is InChI=1S/C13H24N4/c1-2-17-13(15-11-16-17)10-14-12-8-6-4-3-5-7-9-12/h11-12,14H,2-10H2,1H3. The van der Waals surface area contributed by atoms with Gasteiger partial charge in [-0.05, 0) is 19.8 Å². The molecule has 0 radical (unpaired) electrons. The van der Waals surface area contributed by atoms with Crippen LogP contribution in [0.2, 0.25) is 0 Å². The first kappa shape index (κ1) is 12.6. The molecule has 1 aromatic rings. The van der Waals surface area contributed by atoms with E-state index in [0.29, 0.717) is 6.04 Å². The van der Waals surface area contributed by atoms with Crippen molar-refractivity contribution in [1.82, 2.24) is 20.1 Å². The van der Waals surface area contributed by atoms with Crippen molar-refractivity contribution in [1.29, 1.82) is 0 Å². The van der Waals surface area contributed by atoms with Gasteiger partial charge in [-0.25, -0.2) is 9.67 Å². The monoisotopic (exact) mass is 236 g/mol. The number of nitrogens with zero attached hydrogens (tertiary/aromatic N) is 3. The molecular formula is C13H24N4. The van der Waals surface area contributed by atoms with E-state index in [4.69, 9.17) is 0 Å². The fourth-order valence-electron chi connectivity index (χ4n) is 2.59. The van der Waals surface area contributed by atoms with Crippen LogP contribution in [0, 0.1) is 0 Å². The van der Waals surface area contributed by atoms with Crippen LogP contribution in [-0.2, 0) is 13.1 Å². The molecule has 17 heavy (non-hydrogen) atoms. The second-order valence-electron chi connectivity index (χ2n) is 4.91. The summed E-state index contributed by atoms with van der Waals surface area (Å²) in [5, 5.41) is 7.84. The Morgan fingerprint density at radius 3 is 2.65 bits per heavy atom. The van der Waals surface area contributed by atoms with Gasteiger partial charge < -0.3 is 5.32 Å². The maximum absolute atomic E-state index is 4.30. The second kappa shape index (κ2) is 6.74. The highest BCUT2D eigenvalue weighted by atomic mass is 15.3. The van der Waals surface area contributed by atoms with E-state index in [1.54, 1.807) is 6.33 Å². The number of nitrogens with one attached hydrogen (secondary N) is 1. The van der Waals surface area contributed by atoms with Crippen molar-refractivity contribution in [2.75, 3.05) is 0 Å². The summed E-state index contributed by atoms with van der Waals surface area (Å²) in [6, 6.07) is 0.678. The van der Waals surface area contributed by atoms with Gasteiger partial charge in [0.2, 0.25) is 0 Å². The van der Waals surface area contributed by atoms with Crippen molar-refractivity contribution < 1.29 is 0 Å². The third-order valence-electron chi connectivity index (χ3n) is 3.65. The lowest BCUT2D eigenvalue weighted by molar-refractivity contribution is 0.382. The summed E-state index contributed by atoms with van der Waals surface area (Å²) in [6.07, 6.45) is 11.3. The quantitative estimate of drug-likeness (QED) is 0.873. The van der Waals surface area contributed by atoms with E-state index in [0.717, 1.165) is 18.9 Å². The Morgan fingerprint density at radius 1 is 1.24 bits per heavy atom. The number of aromatic nitrogens is 3. The van der Waals surface area contributed by atoms with Crippen molar-refractivity contribution in [3.8, 4) is 0 Å². The molecule has 1 heterocycles. The first-order chi connectivity index (χ1) is 8.40. The van der Waals surface area contributed by atoms with Gasteiger partial charge in [0.1, 0.15) is 12.2 Å². The second-order valence-corrected chi connectivity index (χ2v) is 4.91. The third-order valence-corrected chi connectivity index (χ3v) is 3.65. The molecule has 1 aromatic heterocycles. The molecule has 0 bridgehead atoms. The molecule has 0 aliphatic heterocycles. The van der Waals surface area contributed by atoms with Gasteiger partial charge in [0.25, 0.3) is 0 Å². The summed E-state index contributed by atoms with van der Waals surface area (Å²) in [4.78, 5) is 4.30. The summed E-state index contributed by atoms with van der Waals surface area (Å²) in [5.41, 5.74) is 0. The van der Waals surface area contributed by atoms with Crippen molar-refractivity contribution >= 4 is 0 Å². The maximum atomic E-state index is 4.30. The Kier molecular flexibility index (Phi) is 4.98. The zero-order valence-electron chi connectivity index (χ0n) is 10.9. The minimum absolute atomic E-state index is 0.678. The van der Waals surface area contributed by atoms with E-state index in [9.17, 15) is 0 Å². The van der Waals surface area contributed by atoms with Gasteiger partial charge in [-0.1, -0.05) is 32.1 Å². The normalized spacial score (nSPS) is 18.9. The molecule has 2 rings (SSSR count). The molecular weight excluding hydrogens is 212 g/mol. The molecule has 0 unspecified atom stereocenters. The molecule has 1 fully saturated rings. The highest BCUT2D eigenvalue weighted by Gasteiger charge is 2.11. The van der Waals surface area contributed by atoms with Crippen LogP contribution in [0.5, 0.6) is 0 Å². The molecule has 4 heteroatoms. The molecule has 1 aliphatic carbocycles. The molecule has 1 saturated carbocycles. The van der Waals surface area contributed by atoms with Gasteiger partial charge >= 0.3 is 0 Å². The maximum Gasteiger partial charge on any atom is 0.140 e. The van der Waals surface area contributed by atoms with E-state index < -0.39 is 0 Å². The SMILES string of the molecule is CCn1ncnc1CNC1CCCCCCC1. The lowest BCUT2D eigenvalue weighted by Crippen LogP contribution is -2.30. The fraction of sp³-hybridized carbons (Fsp3) is 0.846. The minimum atomic E-state index is 0.678. The molecule has 0 spiro atoms. The summed E-state index contributed by atoms with van der Waals surface area (Å²) in [5.74, 6) is 1.06. The Labute approximate surface area is 104 Å². The van der Waals surface area contributed by atoms with E-state index in [1.807, 2.05) is 4.68 Å². The molecule has 0 atom stereocenters. The van der Waals surface area contributed by atoms with Gasteiger partial charge in [0, 0.05) is 12.6 Å². The molecule has 1 N–H and O–H groups in total. The Hall–Kier alpha value is -0.900. The van der Waals surface area contributed by atoms with Gasteiger partial charge in [0.05, 0.1) is 6.54 Å². The van der Waals surface area contributed by atoms with Crippen molar-refractivity contribution in [3.63, 3.8) is 0 Å². The molecule has 4 nitrogen and oxygen atoms in total. The van der Waals surface area contributed by atoms with Crippen LogP contribution in [0.15, 0.2) is 6.33 Å². The van der Waals surface area contributed by atoms with Gasteiger partial charge in [-0.15, -0.1) is 0 Å². The first-order valence-corrected chi connectivity index (χ1v) is 7.00. The summed E-state index contributed by atoms with van der Waals surface area (Å²) in [6.45, 7) is 3.87. The predicted octanol–water partition coefficient (Wildman–Crippen LogP) is 2.50. The summed E-state index contributed by atoms with van der Waals surface area (Å²) >= 11 is 0. The van der Waals surface area contributed by atoms with Crippen LogP contribution in [0.3, 0.4) is 0 Å². The van der Waals surface area contributed by atoms with Crippen molar-refractivity contribution in [2.45, 2.75) is 71.0 Å². The van der Waals surface area contributed by atoms with Crippen LogP contribution in [0.1, 0.15) is 57.7 Å². The predicted molar refractivity (Wildman–Crippen MR) is 68.6 cm³/mol. The fourth-order valence-corrected chi connectivity index (χ4v) is 2.59. The molecule has 0 amide bonds. The van der Waals surface area contributed by atoms with Crippen molar-refractivity contribution in [2.24, 2.45) is 0 Å². The number of aryl methyl sites for hydroxylation is 1. The molecule has 1 aliphatic rings. The number of hydrogen-bond donors (Lipinski definition) is 1. The van der Waals surface area contributed by atoms with Gasteiger partial charge in [0.15, 0.2) is 0 Å². The van der Waals surface area contributed by atoms with Crippen molar-refractivity contribution in [3.05, 3.63) is 12.2 Å². The number of rotatable bonds is 4. The smallest absolute Gasteiger partial charge is 0.140 e. The Morgan fingerprint density at radius 2 is 1.94 bits per heavy atom. The number of hydrogen-bond acceptors (Lipinski definition) is 3. The Bertz CT molecular complexity index is 313. The molecule has 0 saturated heterocycles. The van der Waals surface area contributed by atoms with Crippen LogP contribution in [0.4, 0.5) is 0 Å². The topological polar surface area (TPSA) is 42.7 Å². The zero-order valence-corrected chi connectivity index (χ0v) is 10.9. The lowest BCUT2D eigenvalue weighted by atomic mass is 9.97.